The number of ether oxygens (including phenoxy) is 1. The second-order valence-electron chi connectivity index (χ2n) is 9.15. The number of para-hydroxylation sites is 2. The largest absolute Gasteiger partial charge is 0.424 e. The summed E-state index contributed by atoms with van der Waals surface area (Å²) in [5.41, 5.74) is 1.95. The summed E-state index contributed by atoms with van der Waals surface area (Å²) in [6.07, 6.45) is 5.00. The minimum absolute atomic E-state index is 0.117. The number of carbonyl (C=O) groups is 3. The Morgan fingerprint density at radius 2 is 1.24 bits per heavy atom. The molecule has 1 saturated carbocycles. The van der Waals surface area contributed by atoms with Gasteiger partial charge in [-0.2, -0.15) is 0 Å². The molecule has 34 heavy (non-hydrogen) atoms. The van der Waals surface area contributed by atoms with E-state index < -0.39 is 11.9 Å². The molecule has 1 saturated heterocycles. The van der Waals surface area contributed by atoms with E-state index in [0.717, 1.165) is 17.5 Å². The monoisotopic (exact) mass is 449 g/mol. The van der Waals surface area contributed by atoms with Crippen molar-refractivity contribution in [2.24, 2.45) is 23.7 Å². The molecule has 0 unspecified atom stereocenters. The van der Waals surface area contributed by atoms with Crippen molar-refractivity contribution < 1.29 is 19.1 Å². The normalized spacial score (nSPS) is 24.7. The molecule has 1 aliphatic heterocycles. The van der Waals surface area contributed by atoms with Crippen LogP contribution in [0.15, 0.2) is 97.1 Å². The first-order valence-corrected chi connectivity index (χ1v) is 11.6. The Bertz CT molecular complexity index is 1230. The third-order valence-electron chi connectivity index (χ3n) is 7.29. The summed E-state index contributed by atoms with van der Waals surface area (Å²) in [6, 6.07) is 25.7. The van der Waals surface area contributed by atoms with E-state index in [4.69, 9.17) is 4.74 Å². The molecule has 168 valence electrons. The molecule has 0 N–H and O–H groups in total. The number of rotatable bonds is 5. The predicted molar refractivity (Wildman–Crippen MR) is 127 cm³/mol. The Hall–Kier alpha value is -3.99. The fraction of sp³-hybridized carbons (Fsp3) is 0.207. The molecule has 0 spiro atoms. The van der Waals surface area contributed by atoms with Crippen LogP contribution < -0.4 is 9.64 Å². The Kier molecular flexibility index (Phi) is 4.91. The number of allylic oxidation sites excluding steroid dienone is 2. The molecule has 3 aromatic rings. The van der Waals surface area contributed by atoms with Crippen molar-refractivity contribution in [3.8, 4) is 5.75 Å². The molecule has 2 bridgehead atoms. The maximum absolute atomic E-state index is 13.5. The van der Waals surface area contributed by atoms with Crippen LogP contribution in [0.4, 0.5) is 5.69 Å². The molecule has 2 fully saturated rings. The summed E-state index contributed by atoms with van der Waals surface area (Å²) in [5.74, 6) is -1.67. The molecule has 5 heteroatoms. The van der Waals surface area contributed by atoms with Crippen LogP contribution in [0.5, 0.6) is 5.75 Å². The van der Waals surface area contributed by atoms with Gasteiger partial charge >= 0.3 is 5.97 Å². The van der Waals surface area contributed by atoms with E-state index in [9.17, 15) is 14.4 Å². The maximum Gasteiger partial charge on any atom is 0.323 e. The van der Waals surface area contributed by atoms with Crippen molar-refractivity contribution in [3.63, 3.8) is 0 Å². The number of amides is 2. The summed E-state index contributed by atoms with van der Waals surface area (Å²) >= 11 is 0. The van der Waals surface area contributed by atoms with Crippen LogP contribution in [0.1, 0.15) is 23.5 Å². The van der Waals surface area contributed by atoms with Crippen molar-refractivity contribution in [2.75, 3.05) is 4.90 Å². The molecule has 2 amide bonds. The molecule has 3 aromatic carbocycles. The first-order chi connectivity index (χ1) is 16.6. The fourth-order valence-corrected chi connectivity index (χ4v) is 5.79. The second kappa shape index (κ2) is 8.10. The third-order valence-corrected chi connectivity index (χ3v) is 7.29. The molecular weight excluding hydrogens is 426 g/mol. The predicted octanol–water partition coefficient (Wildman–Crippen LogP) is 4.74. The number of hydrogen-bond donors (Lipinski definition) is 0. The molecule has 1 heterocycles. The van der Waals surface area contributed by atoms with Crippen LogP contribution in [-0.4, -0.2) is 17.8 Å². The Morgan fingerprint density at radius 3 is 1.79 bits per heavy atom. The highest BCUT2D eigenvalue weighted by atomic mass is 16.5. The molecule has 2 aliphatic carbocycles. The summed E-state index contributed by atoms with van der Waals surface area (Å²) in [4.78, 5) is 41.4. The van der Waals surface area contributed by atoms with Gasteiger partial charge in [0, 0.05) is 0 Å². The number of carbonyl (C=O) groups excluding carboxylic acids is 3. The Morgan fingerprint density at radius 1 is 0.735 bits per heavy atom. The highest BCUT2D eigenvalue weighted by molar-refractivity contribution is 6.23. The lowest BCUT2D eigenvalue weighted by molar-refractivity contribution is -0.135. The first kappa shape index (κ1) is 20.6. The molecular formula is C29H23NO4. The molecule has 6 rings (SSSR count). The summed E-state index contributed by atoms with van der Waals surface area (Å²) < 4.78 is 5.92. The first-order valence-electron chi connectivity index (χ1n) is 11.6. The van der Waals surface area contributed by atoms with Crippen LogP contribution in [0.2, 0.25) is 0 Å². The van der Waals surface area contributed by atoms with Gasteiger partial charge < -0.3 is 4.74 Å². The highest BCUT2D eigenvalue weighted by Gasteiger charge is 2.60. The average Bonchev–Trinajstić information content (AvgIpc) is 3.55. The van der Waals surface area contributed by atoms with E-state index >= 15 is 0 Å². The number of imide groups is 1. The highest BCUT2D eigenvalue weighted by Crippen LogP contribution is 2.54. The van der Waals surface area contributed by atoms with Crippen LogP contribution in [0.25, 0.3) is 0 Å². The SMILES string of the molecule is O=C(Oc1ccccc1N1C(=O)[C@@H]2[C@@H](C1=O)[C@H]1C=C[C@H]2C1)C(c1ccccc1)c1ccccc1. The van der Waals surface area contributed by atoms with Gasteiger partial charge in [0.15, 0.2) is 5.75 Å². The molecule has 4 atom stereocenters. The van der Waals surface area contributed by atoms with Crippen molar-refractivity contribution in [1.82, 2.24) is 0 Å². The zero-order valence-electron chi connectivity index (χ0n) is 18.4. The van der Waals surface area contributed by atoms with Gasteiger partial charge in [-0.15, -0.1) is 0 Å². The summed E-state index contributed by atoms with van der Waals surface area (Å²) in [6.45, 7) is 0. The standard InChI is InChI=1S/C29H23NO4/c31-27-25-20-15-16-21(17-20)26(25)28(32)30(27)22-13-7-8-14-23(22)34-29(33)24(18-9-3-1-4-10-18)19-11-5-2-6-12-19/h1-16,20-21,24-26H,17H2/t20-,21-,25-,26-/m0/s1. The Balaban J connectivity index is 1.34. The lowest BCUT2D eigenvalue weighted by Gasteiger charge is -2.22. The van der Waals surface area contributed by atoms with Crippen LogP contribution in [0.3, 0.4) is 0 Å². The van der Waals surface area contributed by atoms with Crippen LogP contribution in [-0.2, 0) is 14.4 Å². The number of benzene rings is 3. The summed E-state index contributed by atoms with van der Waals surface area (Å²) in [5, 5.41) is 0. The van der Waals surface area contributed by atoms with Gasteiger partial charge in [0.2, 0.25) is 11.8 Å². The van der Waals surface area contributed by atoms with Gasteiger partial charge in [-0.25, -0.2) is 4.90 Å². The number of nitrogens with zero attached hydrogens (tertiary/aromatic N) is 1. The number of fused-ring (bicyclic) bond motifs is 5. The number of anilines is 1. The zero-order chi connectivity index (χ0) is 23.2. The minimum Gasteiger partial charge on any atom is -0.424 e. The number of hydrogen-bond acceptors (Lipinski definition) is 4. The van der Waals surface area contributed by atoms with Gasteiger partial charge in [0.25, 0.3) is 0 Å². The van der Waals surface area contributed by atoms with E-state index in [1.54, 1.807) is 24.3 Å². The molecule has 0 radical (unpaired) electrons. The van der Waals surface area contributed by atoms with Gasteiger partial charge in [0.1, 0.15) is 5.92 Å². The van der Waals surface area contributed by atoms with Crippen molar-refractivity contribution in [2.45, 2.75) is 12.3 Å². The fourth-order valence-electron chi connectivity index (χ4n) is 5.79. The quantitative estimate of drug-likeness (QED) is 0.244. The second-order valence-corrected chi connectivity index (χ2v) is 9.15. The number of esters is 1. The van der Waals surface area contributed by atoms with Gasteiger partial charge in [-0.1, -0.05) is 84.9 Å². The lowest BCUT2D eigenvalue weighted by Crippen LogP contribution is -2.33. The Labute approximate surface area is 197 Å². The van der Waals surface area contributed by atoms with Crippen molar-refractivity contribution >= 4 is 23.5 Å². The average molecular weight is 450 g/mol. The van der Waals surface area contributed by atoms with Crippen molar-refractivity contribution in [1.29, 1.82) is 0 Å². The third kappa shape index (κ3) is 3.19. The molecule has 3 aliphatic rings. The molecule has 0 aromatic heterocycles. The van der Waals surface area contributed by atoms with Gasteiger partial charge in [-0.05, 0) is 41.5 Å². The van der Waals surface area contributed by atoms with Crippen LogP contribution in [0, 0.1) is 23.7 Å². The van der Waals surface area contributed by atoms with E-state index in [2.05, 4.69) is 12.2 Å². The van der Waals surface area contributed by atoms with E-state index in [0.29, 0.717) is 5.69 Å². The summed E-state index contributed by atoms with van der Waals surface area (Å²) in [7, 11) is 0. The minimum atomic E-state index is -0.639. The van der Waals surface area contributed by atoms with Gasteiger partial charge in [-0.3, -0.25) is 14.4 Å². The van der Waals surface area contributed by atoms with E-state index in [1.807, 2.05) is 60.7 Å². The van der Waals surface area contributed by atoms with Crippen LogP contribution >= 0.6 is 0 Å². The smallest absolute Gasteiger partial charge is 0.323 e. The van der Waals surface area contributed by atoms with E-state index in [-0.39, 0.29) is 41.2 Å². The lowest BCUT2D eigenvalue weighted by atomic mass is 9.85. The topological polar surface area (TPSA) is 63.7 Å². The van der Waals surface area contributed by atoms with Crippen molar-refractivity contribution in [3.05, 3.63) is 108 Å². The zero-order valence-corrected chi connectivity index (χ0v) is 18.4. The van der Waals surface area contributed by atoms with E-state index in [1.165, 1.54) is 4.90 Å². The molecule has 5 nitrogen and oxygen atoms in total. The maximum atomic E-state index is 13.5. The van der Waals surface area contributed by atoms with Gasteiger partial charge in [0.05, 0.1) is 17.5 Å².